The summed E-state index contributed by atoms with van der Waals surface area (Å²) < 4.78 is 44.6. The number of H-pyrrole nitrogens is 1. The van der Waals surface area contributed by atoms with Gasteiger partial charge in [-0.1, -0.05) is 24.6 Å². The van der Waals surface area contributed by atoms with Crippen molar-refractivity contribution in [2.45, 2.75) is 19.4 Å². The molecule has 8 nitrogen and oxygen atoms in total. The van der Waals surface area contributed by atoms with Crippen molar-refractivity contribution in [1.29, 1.82) is 0 Å². The van der Waals surface area contributed by atoms with Crippen molar-refractivity contribution in [3.05, 3.63) is 81.6 Å². The molecule has 0 aliphatic rings. The van der Waals surface area contributed by atoms with Crippen molar-refractivity contribution in [3.8, 4) is 5.69 Å². The number of para-hydroxylation sites is 1. The molecule has 2 N–H and O–H groups in total. The van der Waals surface area contributed by atoms with Gasteiger partial charge in [0, 0.05) is 0 Å². The zero-order valence-electron chi connectivity index (χ0n) is 17.5. The van der Waals surface area contributed by atoms with Crippen LogP contribution >= 0.6 is 11.6 Å². The summed E-state index contributed by atoms with van der Waals surface area (Å²) >= 11 is 6.06. The number of rotatable bonds is 5. The average Bonchev–Trinajstić information content (AvgIpc) is 3.30. The fourth-order valence-corrected chi connectivity index (χ4v) is 4.01. The van der Waals surface area contributed by atoms with E-state index in [-0.39, 0.29) is 16.7 Å². The first-order chi connectivity index (χ1) is 16.4. The monoisotopic (exact) mass is 485 g/mol. The van der Waals surface area contributed by atoms with E-state index in [1.807, 2.05) is 0 Å². The van der Waals surface area contributed by atoms with E-state index in [1.54, 1.807) is 6.92 Å². The van der Waals surface area contributed by atoms with Crippen molar-refractivity contribution in [3.63, 3.8) is 0 Å². The molecule has 12 heteroatoms. The van der Waals surface area contributed by atoms with Crippen molar-refractivity contribution < 1.29 is 13.2 Å². The van der Waals surface area contributed by atoms with Crippen molar-refractivity contribution in [1.82, 2.24) is 29.5 Å². The molecule has 2 aromatic carbocycles. The first kappa shape index (κ1) is 21.8. The highest BCUT2D eigenvalue weighted by Crippen LogP contribution is 2.30. The number of aromatic nitrogens is 6. The number of hydrogen-bond acceptors (Lipinski definition) is 6. The smallest absolute Gasteiger partial charge is 0.267 e. The molecular formula is C22H15ClF3N7O. The van der Waals surface area contributed by atoms with E-state index in [9.17, 15) is 18.0 Å². The van der Waals surface area contributed by atoms with E-state index in [0.717, 1.165) is 22.8 Å². The Morgan fingerprint density at radius 2 is 1.85 bits per heavy atom. The lowest BCUT2D eigenvalue weighted by molar-refractivity contribution is 0.553. The summed E-state index contributed by atoms with van der Waals surface area (Å²) in [6.45, 7) is 1.79. The molecule has 0 saturated heterocycles. The third-order valence-electron chi connectivity index (χ3n) is 5.37. The van der Waals surface area contributed by atoms with E-state index in [4.69, 9.17) is 11.6 Å². The number of fused-ring (bicyclic) bond motifs is 2. The molecule has 0 radical (unpaired) electrons. The van der Waals surface area contributed by atoms with Gasteiger partial charge in [0.2, 0.25) is 0 Å². The van der Waals surface area contributed by atoms with Gasteiger partial charge in [0.15, 0.2) is 11.5 Å². The third-order valence-corrected chi connectivity index (χ3v) is 5.74. The zero-order valence-corrected chi connectivity index (χ0v) is 18.2. The average molecular weight is 486 g/mol. The quantitative estimate of drug-likeness (QED) is 0.374. The molecule has 0 saturated carbocycles. The molecular weight excluding hydrogens is 471 g/mol. The van der Waals surface area contributed by atoms with Gasteiger partial charge in [-0.2, -0.15) is 0 Å². The molecule has 0 aliphatic heterocycles. The van der Waals surface area contributed by atoms with Crippen LogP contribution in [0.25, 0.3) is 27.8 Å². The van der Waals surface area contributed by atoms with Gasteiger partial charge < -0.3 is 10.3 Å². The molecule has 172 valence electrons. The number of halogens is 4. The molecule has 3 aromatic heterocycles. The Bertz CT molecular complexity index is 1600. The maximum atomic E-state index is 14.8. The van der Waals surface area contributed by atoms with Gasteiger partial charge >= 0.3 is 0 Å². The number of benzene rings is 2. The highest BCUT2D eigenvalue weighted by atomic mass is 35.5. The van der Waals surface area contributed by atoms with Crippen molar-refractivity contribution in [2.75, 3.05) is 5.32 Å². The second kappa shape index (κ2) is 8.41. The Balaban J connectivity index is 1.81. The third kappa shape index (κ3) is 3.45. The predicted octanol–water partition coefficient (Wildman–Crippen LogP) is 4.69. The number of hydrogen-bond donors (Lipinski definition) is 2. The highest BCUT2D eigenvalue weighted by molar-refractivity contribution is 6.35. The fraction of sp³-hybridized carbons (Fsp3) is 0.136. The van der Waals surface area contributed by atoms with E-state index in [2.05, 4.69) is 30.2 Å². The summed E-state index contributed by atoms with van der Waals surface area (Å²) in [6, 6.07) is 4.81. The van der Waals surface area contributed by atoms with Gasteiger partial charge in [-0.25, -0.2) is 33.1 Å². The summed E-state index contributed by atoms with van der Waals surface area (Å²) in [7, 11) is 0. The summed E-state index contributed by atoms with van der Waals surface area (Å²) in [5.41, 5.74) is -0.583. The normalized spacial score (nSPS) is 12.4. The van der Waals surface area contributed by atoms with Crippen LogP contribution in [0, 0.1) is 17.5 Å². The van der Waals surface area contributed by atoms with E-state index in [0.29, 0.717) is 23.4 Å². The van der Waals surface area contributed by atoms with E-state index >= 15 is 0 Å². The van der Waals surface area contributed by atoms with Crippen molar-refractivity contribution >= 4 is 39.5 Å². The van der Waals surface area contributed by atoms with Crippen LogP contribution in [0.1, 0.15) is 25.2 Å². The number of nitrogens with one attached hydrogen (secondary N) is 2. The topological polar surface area (TPSA) is 101 Å². The lowest BCUT2D eigenvalue weighted by Crippen LogP contribution is -2.30. The standard InChI is InChI=1S/C22H15ClF3N7O/c1-2-13(31-20-17-19(28-8-27-17)29-9-30-20)21-32-14-7-6-10(24)16(23)15(14)22(34)33(21)18-11(25)4-3-5-12(18)26/h3-9,13H,2H2,1H3,(H2,27,28,29,30,31)/t13-/m1/s1. The summed E-state index contributed by atoms with van der Waals surface area (Å²) in [5, 5.41) is 2.37. The van der Waals surface area contributed by atoms with Crippen LogP contribution in [-0.4, -0.2) is 29.5 Å². The predicted molar refractivity (Wildman–Crippen MR) is 121 cm³/mol. The lowest BCUT2D eigenvalue weighted by Gasteiger charge is -2.23. The molecule has 34 heavy (non-hydrogen) atoms. The Kier molecular flexibility index (Phi) is 5.40. The first-order valence-corrected chi connectivity index (χ1v) is 10.5. The zero-order chi connectivity index (χ0) is 24.0. The van der Waals surface area contributed by atoms with E-state index < -0.39 is 39.8 Å². The lowest BCUT2D eigenvalue weighted by atomic mass is 10.1. The number of imidazole rings is 1. The van der Waals surface area contributed by atoms with Crippen LogP contribution < -0.4 is 10.9 Å². The number of aromatic amines is 1. The SMILES string of the molecule is CC[C@@H](Nc1ncnc2nc[nH]c12)c1nc2ccc(F)c(Cl)c2c(=O)n1-c1c(F)cccc1F. The Hall–Kier alpha value is -3.99. The van der Waals surface area contributed by atoms with Crippen LogP contribution in [0.15, 0.2) is 47.8 Å². The maximum absolute atomic E-state index is 14.8. The van der Waals surface area contributed by atoms with Crippen LogP contribution in [-0.2, 0) is 0 Å². The first-order valence-electron chi connectivity index (χ1n) is 10.2. The number of anilines is 1. The summed E-state index contributed by atoms with van der Waals surface area (Å²) in [5.74, 6) is -2.51. The van der Waals surface area contributed by atoms with Crippen LogP contribution in [0.5, 0.6) is 0 Å². The molecule has 0 bridgehead atoms. The molecule has 3 heterocycles. The minimum atomic E-state index is -0.995. The Labute approximate surface area is 194 Å². The van der Waals surface area contributed by atoms with Gasteiger partial charge in [0.05, 0.1) is 28.3 Å². The largest absolute Gasteiger partial charge is 0.358 e. The molecule has 0 spiro atoms. The molecule has 0 aliphatic carbocycles. The minimum Gasteiger partial charge on any atom is -0.358 e. The van der Waals surface area contributed by atoms with Gasteiger partial charge in [-0.15, -0.1) is 0 Å². The van der Waals surface area contributed by atoms with Gasteiger partial charge in [-0.05, 0) is 30.7 Å². The van der Waals surface area contributed by atoms with Crippen LogP contribution in [0.2, 0.25) is 5.02 Å². The van der Waals surface area contributed by atoms with Crippen molar-refractivity contribution in [2.24, 2.45) is 0 Å². The molecule has 0 fully saturated rings. The Morgan fingerprint density at radius 1 is 1.09 bits per heavy atom. The van der Waals surface area contributed by atoms with Gasteiger partial charge in [0.1, 0.15) is 40.8 Å². The second-order valence-corrected chi connectivity index (χ2v) is 7.74. The maximum Gasteiger partial charge on any atom is 0.267 e. The van der Waals surface area contributed by atoms with Gasteiger partial charge in [-0.3, -0.25) is 9.36 Å². The molecule has 5 aromatic rings. The molecule has 5 rings (SSSR count). The number of nitrogens with zero attached hydrogens (tertiary/aromatic N) is 5. The summed E-state index contributed by atoms with van der Waals surface area (Å²) in [6.07, 6.45) is 3.09. The molecule has 0 amide bonds. The Morgan fingerprint density at radius 3 is 2.59 bits per heavy atom. The van der Waals surface area contributed by atoms with Crippen LogP contribution in [0.4, 0.5) is 19.0 Å². The molecule has 1 atom stereocenters. The summed E-state index contributed by atoms with van der Waals surface area (Å²) in [4.78, 5) is 33.3. The van der Waals surface area contributed by atoms with Crippen LogP contribution in [0.3, 0.4) is 0 Å². The fourth-order valence-electron chi connectivity index (χ4n) is 3.77. The second-order valence-electron chi connectivity index (χ2n) is 7.36. The van der Waals surface area contributed by atoms with Gasteiger partial charge in [0.25, 0.3) is 5.56 Å². The molecule has 0 unspecified atom stereocenters. The highest BCUT2D eigenvalue weighted by Gasteiger charge is 2.26. The van der Waals surface area contributed by atoms with E-state index in [1.165, 1.54) is 24.8 Å². The minimum absolute atomic E-state index is 0.0158.